The third-order valence-corrected chi connectivity index (χ3v) is 4.78. The van der Waals surface area contributed by atoms with Gasteiger partial charge in [0.25, 0.3) is 5.91 Å². The van der Waals surface area contributed by atoms with Crippen molar-refractivity contribution in [2.45, 2.75) is 13.3 Å². The summed E-state index contributed by atoms with van der Waals surface area (Å²) < 4.78 is 5.88. The Balaban J connectivity index is 1.59. The van der Waals surface area contributed by atoms with Crippen LogP contribution in [0.4, 0.5) is 5.13 Å². The van der Waals surface area contributed by atoms with Crippen molar-refractivity contribution in [3.05, 3.63) is 76.3 Å². The number of rotatable bonds is 7. The van der Waals surface area contributed by atoms with Crippen LogP contribution in [-0.2, 0) is 6.42 Å². The Morgan fingerprint density at radius 3 is 2.70 bits per heavy atom. The van der Waals surface area contributed by atoms with Crippen LogP contribution < -0.4 is 15.9 Å². The van der Waals surface area contributed by atoms with Crippen LogP contribution in [0.5, 0.6) is 5.75 Å². The minimum Gasteiger partial charge on any atom is -0.493 e. The van der Waals surface area contributed by atoms with E-state index >= 15 is 0 Å². The first-order valence-corrected chi connectivity index (χ1v) is 9.27. The van der Waals surface area contributed by atoms with E-state index in [4.69, 9.17) is 10.5 Å². The number of nitrogen functional groups attached to an aromatic ring is 1. The number of benzene rings is 2. The fourth-order valence-electron chi connectivity index (χ4n) is 2.48. The second-order valence-electron chi connectivity index (χ2n) is 5.79. The lowest BCUT2D eigenvalue weighted by molar-refractivity contribution is 0.0958. The largest absolute Gasteiger partial charge is 0.493 e. The molecule has 2 aromatic carbocycles. The number of ether oxygens (including phenoxy) is 1. The van der Waals surface area contributed by atoms with Gasteiger partial charge >= 0.3 is 0 Å². The summed E-state index contributed by atoms with van der Waals surface area (Å²) in [6, 6.07) is 17.7. The molecule has 1 amide bonds. The second-order valence-corrected chi connectivity index (χ2v) is 6.82. The van der Waals surface area contributed by atoms with Gasteiger partial charge in [0.15, 0.2) is 5.13 Å². The lowest BCUT2D eigenvalue weighted by Gasteiger charge is -2.09. The van der Waals surface area contributed by atoms with Gasteiger partial charge in [0.05, 0.1) is 18.5 Å². The number of nitrogens with two attached hydrogens (primary N) is 1. The molecule has 3 N–H and O–H groups in total. The molecule has 3 rings (SSSR count). The van der Waals surface area contributed by atoms with Crippen LogP contribution in [0.25, 0.3) is 0 Å². The van der Waals surface area contributed by atoms with E-state index in [-0.39, 0.29) is 5.91 Å². The molecule has 0 unspecified atom stereocenters. The number of aryl methyl sites for hydroxylation is 1. The van der Waals surface area contributed by atoms with E-state index in [2.05, 4.69) is 27.6 Å². The Morgan fingerprint density at radius 2 is 1.96 bits per heavy atom. The zero-order valence-electron chi connectivity index (χ0n) is 14.9. The Labute approximate surface area is 161 Å². The normalized spacial score (nSPS) is 10.9. The van der Waals surface area contributed by atoms with Gasteiger partial charge < -0.3 is 10.5 Å². The van der Waals surface area contributed by atoms with E-state index in [1.807, 2.05) is 42.5 Å². The van der Waals surface area contributed by atoms with Crippen molar-refractivity contribution in [1.29, 1.82) is 0 Å². The maximum Gasteiger partial charge on any atom is 0.283 e. The van der Waals surface area contributed by atoms with Gasteiger partial charge in [-0.05, 0) is 24.6 Å². The van der Waals surface area contributed by atoms with Crippen LogP contribution >= 0.6 is 11.3 Å². The monoisotopic (exact) mass is 380 g/mol. The number of anilines is 1. The summed E-state index contributed by atoms with van der Waals surface area (Å²) in [4.78, 5) is 16.6. The quantitative estimate of drug-likeness (QED) is 0.485. The van der Waals surface area contributed by atoms with Crippen molar-refractivity contribution in [3.63, 3.8) is 0 Å². The van der Waals surface area contributed by atoms with Crippen molar-refractivity contribution in [2.75, 3.05) is 12.3 Å². The van der Waals surface area contributed by atoms with Crippen LogP contribution in [0.3, 0.4) is 0 Å². The molecule has 0 aliphatic carbocycles. The molecule has 0 aliphatic heterocycles. The molecule has 0 radical (unpaired) electrons. The number of hydrogen-bond acceptors (Lipinski definition) is 6. The maximum absolute atomic E-state index is 12.1. The number of nitrogens with one attached hydrogen (secondary N) is 1. The number of hydrogen-bond donors (Lipinski definition) is 2. The lowest BCUT2D eigenvalue weighted by atomic mass is 10.2. The summed E-state index contributed by atoms with van der Waals surface area (Å²) in [7, 11) is 0. The van der Waals surface area contributed by atoms with Crippen molar-refractivity contribution in [2.24, 2.45) is 5.10 Å². The predicted molar refractivity (Wildman–Crippen MR) is 108 cm³/mol. The number of hydrazone groups is 1. The molecule has 0 atom stereocenters. The number of nitrogens with zero attached hydrogens (tertiary/aromatic N) is 2. The van der Waals surface area contributed by atoms with Crippen molar-refractivity contribution < 1.29 is 9.53 Å². The third kappa shape index (κ3) is 5.15. The summed E-state index contributed by atoms with van der Waals surface area (Å²) in [5.41, 5.74) is 10.7. The summed E-state index contributed by atoms with van der Waals surface area (Å²) in [6.45, 7) is 2.29. The summed E-state index contributed by atoms with van der Waals surface area (Å²) >= 11 is 1.14. The molecule has 1 aromatic heterocycles. The molecule has 0 saturated heterocycles. The van der Waals surface area contributed by atoms with Crippen molar-refractivity contribution in [3.8, 4) is 5.75 Å². The lowest BCUT2D eigenvalue weighted by Crippen LogP contribution is -2.17. The molecule has 27 heavy (non-hydrogen) atoms. The van der Waals surface area contributed by atoms with Gasteiger partial charge in [0.2, 0.25) is 0 Å². The van der Waals surface area contributed by atoms with E-state index in [0.29, 0.717) is 28.1 Å². The molecule has 6 nitrogen and oxygen atoms in total. The molecule has 0 saturated carbocycles. The number of para-hydroxylation sites is 1. The zero-order valence-corrected chi connectivity index (χ0v) is 15.7. The molecular weight excluding hydrogens is 360 g/mol. The predicted octanol–water partition coefficient (Wildman–Crippen LogP) is 3.42. The van der Waals surface area contributed by atoms with E-state index in [1.165, 1.54) is 5.56 Å². The number of aromatic nitrogens is 1. The van der Waals surface area contributed by atoms with Crippen LogP contribution in [-0.4, -0.2) is 23.7 Å². The average molecular weight is 380 g/mol. The highest BCUT2D eigenvalue weighted by atomic mass is 32.1. The molecule has 138 valence electrons. The van der Waals surface area contributed by atoms with Gasteiger partial charge in [-0.15, -0.1) is 0 Å². The van der Waals surface area contributed by atoms with Crippen LogP contribution in [0.1, 0.15) is 26.5 Å². The molecule has 0 bridgehead atoms. The molecule has 7 heteroatoms. The van der Waals surface area contributed by atoms with Gasteiger partial charge in [-0.3, -0.25) is 4.79 Å². The summed E-state index contributed by atoms with van der Waals surface area (Å²) in [5, 5.41) is 4.39. The second kappa shape index (κ2) is 8.95. The van der Waals surface area contributed by atoms with Crippen molar-refractivity contribution >= 4 is 28.6 Å². The first kappa shape index (κ1) is 18.6. The molecular formula is C20H20N4O2S. The van der Waals surface area contributed by atoms with Gasteiger partial charge in [-0.2, -0.15) is 5.10 Å². The molecule has 3 aromatic rings. The first-order chi connectivity index (χ1) is 13.1. The Kier molecular flexibility index (Phi) is 6.17. The molecule has 0 spiro atoms. The molecule has 0 aliphatic rings. The highest BCUT2D eigenvalue weighted by Gasteiger charge is 2.13. The zero-order chi connectivity index (χ0) is 19.1. The number of amides is 1. The minimum atomic E-state index is -0.333. The Bertz CT molecular complexity index is 938. The van der Waals surface area contributed by atoms with Crippen LogP contribution in [0, 0.1) is 6.92 Å². The van der Waals surface area contributed by atoms with E-state index in [9.17, 15) is 4.79 Å². The molecule has 0 fully saturated rings. The van der Waals surface area contributed by atoms with E-state index in [1.54, 1.807) is 13.1 Å². The Morgan fingerprint density at radius 1 is 1.22 bits per heavy atom. The van der Waals surface area contributed by atoms with Crippen LogP contribution in [0.15, 0.2) is 59.7 Å². The highest BCUT2D eigenvalue weighted by Crippen LogP contribution is 2.19. The van der Waals surface area contributed by atoms with Crippen molar-refractivity contribution in [1.82, 2.24) is 10.4 Å². The fourth-order valence-corrected chi connectivity index (χ4v) is 3.20. The summed E-state index contributed by atoms with van der Waals surface area (Å²) in [5.74, 6) is 0.380. The van der Waals surface area contributed by atoms with Gasteiger partial charge in [0, 0.05) is 12.0 Å². The average Bonchev–Trinajstić information content (AvgIpc) is 3.02. The minimum absolute atomic E-state index is 0.333. The fraction of sp³-hybridized carbons (Fsp3) is 0.150. The van der Waals surface area contributed by atoms with Crippen LogP contribution in [0.2, 0.25) is 0 Å². The number of carbonyl (C=O) groups is 1. The maximum atomic E-state index is 12.1. The van der Waals surface area contributed by atoms with Gasteiger partial charge in [-0.1, -0.05) is 53.8 Å². The first-order valence-electron chi connectivity index (χ1n) is 8.45. The van der Waals surface area contributed by atoms with Gasteiger partial charge in [0.1, 0.15) is 10.6 Å². The number of thiazole rings is 1. The standard InChI is InChI=1S/C20H20N4O2S/c1-14-18(27-20(21)23-14)19(25)24-22-13-16-9-5-6-10-17(16)26-12-11-15-7-3-2-4-8-15/h2-10,13H,11-12H2,1H3,(H2,21,23)(H,24,25)/b22-13+. The van der Waals surface area contributed by atoms with Gasteiger partial charge in [-0.25, -0.2) is 10.4 Å². The SMILES string of the molecule is Cc1nc(N)sc1C(=O)N/N=C/c1ccccc1OCCc1ccccc1. The highest BCUT2D eigenvalue weighted by molar-refractivity contribution is 7.17. The molecule has 1 heterocycles. The van der Waals surface area contributed by atoms with E-state index < -0.39 is 0 Å². The third-order valence-electron chi connectivity index (χ3n) is 3.80. The Hall–Kier alpha value is -3.19. The van der Waals surface area contributed by atoms with E-state index in [0.717, 1.165) is 23.3 Å². The summed E-state index contributed by atoms with van der Waals surface area (Å²) in [6.07, 6.45) is 2.38. The topological polar surface area (TPSA) is 89.6 Å². The number of carbonyl (C=O) groups excluding carboxylic acids is 1. The smallest absolute Gasteiger partial charge is 0.283 e.